The smallest absolute Gasteiger partial charge is 0.224 e. The number of primary sulfonamides is 1. The summed E-state index contributed by atoms with van der Waals surface area (Å²) in [5.41, 5.74) is 0.841. The van der Waals surface area contributed by atoms with Crippen molar-refractivity contribution in [1.82, 2.24) is 4.72 Å². The van der Waals surface area contributed by atoms with Crippen LogP contribution in [0, 0.1) is 6.92 Å². The van der Waals surface area contributed by atoms with E-state index in [0.717, 1.165) is 32.0 Å². The molecule has 0 aliphatic rings. The zero-order valence-electron chi connectivity index (χ0n) is 10.7. The number of nitrogens with two attached hydrogens (primary N) is 1. The Hall–Kier alpha value is -0.300. The summed E-state index contributed by atoms with van der Waals surface area (Å²) in [7, 11) is -7.37. The summed E-state index contributed by atoms with van der Waals surface area (Å²) in [6.45, 7) is 1.81. The number of hydrogen-bond acceptors (Lipinski definition) is 6. The number of halogens is 1. The molecule has 3 N–H and O–H groups in total. The van der Waals surface area contributed by atoms with Crippen LogP contribution in [-0.4, -0.2) is 16.8 Å². The molecule has 11 heteroatoms. The molecule has 0 fully saturated rings. The van der Waals surface area contributed by atoms with Gasteiger partial charge in [-0.25, -0.2) is 26.7 Å². The third-order valence-corrected chi connectivity index (χ3v) is 8.99. The maximum Gasteiger partial charge on any atom is 0.250 e. The predicted octanol–water partition coefficient (Wildman–Crippen LogP) is 2.01. The highest BCUT2D eigenvalue weighted by Gasteiger charge is 2.19. The molecule has 0 aromatic carbocycles. The monoisotopic (exact) mass is 430 g/mol. The Balaban J connectivity index is 2.14. The summed E-state index contributed by atoms with van der Waals surface area (Å²) >= 11 is 5.34. The summed E-state index contributed by atoms with van der Waals surface area (Å²) < 4.78 is 49.9. The lowest BCUT2D eigenvalue weighted by Crippen LogP contribution is -2.21. The van der Waals surface area contributed by atoms with Gasteiger partial charge in [0.15, 0.2) is 0 Å². The molecule has 0 bridgehead atoms. The van der Waals surface area contributed by atoms with Crippen molar-refractivity contribution in [2.24, 2.45) is 5.14 Å². The standard InChI is InChI=1S/C10H11BrN2O4S4/c1-6-4-9(19-10(6)11)21(16,17)13-5-7-2-3-8(18-7)20(12,14)15/h2-4,13H,5H2,1H3,(H2,12,14,15). The second-order valence-corrected chi connectivity index (χ2v) is 11.4. The second kappa shape index (κ2) is 6.07. The maximum absolute atomic E-state index is 12.1. The van der Waals surface area contributed by atoms with Crippen molar-refractivity contribution in [1.29, 1.82) is 0 Å². The van der Waals surface area contributed by atoms with Crippen LogP contribution in [0.5, 0.6) is 0 Å². The highest BCUT2D eigenvalue weighted by atomic mass is 79.9. The Bertz CT molecular complexity index is 847. The fourth-order valence-corrected chi connectivity index (χ4v) is 6.49. The van der Waals surface area contributed by atoms with Gasteiger partial charge in [0.05, 0.1) is 3.79 Å². The van der Waals surface area contributed by atoms with E-state index in [2.05, 4.69) is 20.7 Å². The van der Waals surface area contributed by atoms with E-state index in [0.29, 0.717) is 4.88 Å². The van der Waals surface area contributed by atoms with Crippen LogP contribution >= 0.6 is 38.6 Å². The van der Waals surface area contributed by atoms with Crippen LogP contribution in [0.25, 0.3) is 0 Å². The zero-order chi connectivity index (χ0) is 15.8. The quantitative estimate of drug-likeness (QED) is 0.755. The van der Waals surface area contributed by atoms with Gasteiger partial charge in [0, 0.05) is 11.4 Å². The number of nitrogens with one attached hydrogen (secondary N) is 1. The van der Waals surface area contributed by atoms with E-state index in [1.807, 2.05) is 0 Å². The molecule has 6 nitrogen and oxygen atoms in total. The van der Waals surface area contributed by atoms with Crippen molar-refractivity contribution in [2.75, 3.05) is 0 Å². The fraction of sp³-hybridized carbons (Fsp3) is 0.200. The first-order valence-electron chi connectivity index (χ1n) is 5.47. The third kappa shape index (κ3) is 4.12. The number of sulfonamides is 2. The van der Waals surface area contributed by atoms with Gasteiger partial charge in [0.2, 0.25) is 20.0 Å². The molecule has 2 rings (SSSR count). The minimum absolute atomic E-state index is 0.00594. The van der Waals surface area contributed by atoms with Gasteiger partial charge in [-0.1, -0.05) is 0 Å². The van der Waals surface area contributed by atoms with Gasteiger partial charge in [-0.3, -0.25) is 0 Å². The van der Waals surface area contributed by atoms with Crippen LogP contribution in [0.2, 0.25) is 0 Å². The van der Waals surface area contributed by atoms with E-state index < -0.39 is 20.0 Å². The average molecular weight is 431 g/mol. The molecule has 2 aromatic heterocycles. The van der Waals surface area contributed by atoms with Gasteiger partial charge in [-0.2, -0.15) is 0 Å². The fourth-order valence-electron chi connectivity index (χ4n) is 1.41. The van der Waals surface area contributed by atoms with E-state index >= 15 is 0 Å². The van der Waals surface area contributed by atoms with Crippen LogP contribution in [0.3, 0.4) is 0 Å². The van der Waals surface area contributed by atoms with Crippen LogP contribution in [0.15, 0.2) is 30.4 Å². The molecule has 2 aromatic rings. The van der Waals surface area contributed by atoms with Gasteiger partial charge in [-0.05, 0) is 46.6 Å². The molecule has 0 radical (unpaired) electrons. The van der Waals surface area contributed by atoms with E-state index in [9.17, 15) is 16.8 Å². The van der Waals surface area contributed by atoms with Crippen molar-refractivity contribution in [2.45, 2.75) is 21.9 Å². The number of hydrogen-bond donors (Lipinski definition) is 2. The van der Waals surface area contributed by atoms with Gasteiger partial charge < -0.3 is 0 Å². The summed E-state index contributed by atoms with van der Waals surface area (Å²) in [5, 5.41) is 5.00. The maximum atomic E-state index is 12.1. The van der Waals surface area contributed by atoms with Gasteiger partial charge >= 0.3 is 0 Å². The Morgan fingerprint density at radius 3 is 2.33 bits per heavy atom. The minimum atomic E-state index is -3.75. The predicted molar refractivity (Wildman–Crippen MR) is 86.5 cm³/mol. The molecule has 116 valence electrons. The summed E-state index contributed by atoms with van der Waals surface area (Å²) in [6, 6.07) is 4.46. The van der Waals surface area contributed by atoms with E-state index in [1.54, 1.807) is 13.0 Å². The molecule has 2 heterocycles. The van der Waals surface area contributed by atoms with Gasteiger partial charge in [0.1, 0.15) is 8.42 Å². The first-order valence-corrected chi connectivity index (χ1v) is 10.9. The normalized spacial score (nSPS) is 12.7. The van der Waals surface area contributed by atoms with E-state index in [-0.39, 0.29) is 15.0 Å². The molecule has 0 atom stereocenters. The molecule has 0 spiro atoms. The lowest BCUT2D eigenvalue weighted by atomic mass is 10.4. The third-order valence-electron chi connectivity index (χ3n) is 2.45. The Kier molecular flexibility index (Phi) is 4.93. The van der Waals surface area contributed by atoms with E-state index in [1.165, 1.54) is 12.1 Å². The molecular weight excluding hydrogens is 420 g/mol. The largest absolute Gasteiger partial charge is 0.250 e. The minimum Gasteiger partial charge on any atom is -0.224 e. The molecule has 21 heavy (non-hydrogen) atoms. The van der Waals surface area contributed by atoms with E-state index in [4.69, 9.17) is 5.14 Å². The average Bonchev–Trinajstić information content (AvgIpc) is 2.95. The van der Waals surface area contributed by atoms with Gasteiger partial charge in [-0.15, -0.1) is 22.7 Å². The Morgan fingerprint density at radius 2 is 1.86 bits per heavy atom. The number of thiophene rings is 2. The lowest BCUT2D eigenvalue weighted by molar-refractivity contribution is 0.583. The highest BCUT2D eigenvalue weighted by Crippen LogP contribution is 2.30. The molecule has 0 amide bonds. The molecule has 0 saturated heterocycles. The van der Waals surface area contributed by atoms with Crippen LogP contribution < -0.4 is 9.86 Å². The Labute approximate surface area is 139 Å². The highest BCUT2D eigenvalue weighted by molar-refractivity contribution is 9.11. The van der Waals surface area contributed by atoms with Crippen molar-refractivity contribution < 1.29 is 16.8 Å². The zero-order valence-corrected chi connectivity index (χ0v) is 15.5. The van der Waals surface area contributed by atoms with Crippen LogP contribution in [-0.2, 0) is 26.6 Å². The number of aryl methyl sites for hydroxylation is 1. The summed E-state index contributed by atoms with van der Waals surface area (Å²) in [4.78, 5) is 0.565. The van der Waals surface area contributed by atoms with Crippen molar-refractivity contribution in [3.05, 3.63) is 32.4 Å². The molecular formula is C10H11BrN2O4S4. The molecule has 0 aliphatic carbocycles. The van der Waals surface area contributed by atoms with Crippen molar-refractivity contribution in [3.63, 3.8) is 0 Å². The van der Waals surface area contributed by atoms with Crippen molar-refractivity contribution in [3.8, 4) is 0 Å². The van der Waals surface area contributed by atoms with Gasteiger partial charge in [0.25, 0.3) is 0 Å². The molecule has 0 saturated carbocycles. The molecule has 0 aliphatic heterocycles. The summed E-state index contributed by atoms with van der Waals surface area (Å²) in [6.07, 6.45) is 0. The van der Waals surface area contributed by atoms with Crippen LogP contribution in [0.1, 0.15) is 10.4 Å². The topological polar surface area (TPSA) is 106 Å². The number of rotatable bonds is 5. The van der Waals surface area contributed by atoms with Crippen molar-refractivity contribution >= 4 is 58.7 Å². The second-order valence-electron chi connectivity index (χ2n) is 4.11. The summed E-state index contributed by atoms with van der Waals surface area (Å²) in [5.74, 6) is 0. The SMILES string of the molecule is Cc1cc(S(=O)(=O)NCc2ccc(S(N)(=O)=O)s2)sc1Br. The van der Waals surface area contributed by atoms with Crippen LogP contribution in [0.4, 0.5) is 0 Å². The first-order chi connectivity index (χ1) is 9.59. The first kappa shape index (κ1) is 17.1. The molecule has 0 unspecified atom stereocenters. The Morgan fingerprint density at radius 1 is 1.19 bits per heavy atom. The lowest BCUT2D eigenvalue weighted by Gasteiger charge is -2.02.